The molecule has 0 saturated heterocycles. The van der Waals surface area contributed by atoms with E-state index >= 15 is 0 Å². The summed E-state index contributed by atoms with van der Waals surface area (Å²) < 4.78 is 6.59. The predicted molar refractivity (Wildman–Crippen MR) is 72.5 cm³/mol. The van der Waals surface area contributed by atoms with Gasteiger partial charge in [0.2, 0.25) is 0 Å². The van der Waals surface area contributed by atoms with Crippen molar-refractivity contribution in [3.63, 3.8) is 0 Å². The van der Waals surface area contributed by atoms with Gasteiger partial charge < -0.3 is 10.1 Å². The van der Waals surface area contributed by atoms with Crippen LogP contribution in [0.3, 0.4) is 0 Å². The summed E-state index contributed by atoms with van der Waals surface area (Å²) >= 11 is 2.19. The predicted octanol–water partition coefficient (Wildman–Crippen LogP) is 2.58. The van der Waals surface area contributed by atoms with E-state index in [9.17, 15) is 4.79 Å². The van der Waals surface area contributed by atoms with E-state index in [1.165, 1.54) is 0 Å². The molecule has 1 amide bonds. The third kappa shape index (κ3) is 4.00. The van der Waals surface area contributed by atoms with Gasteiger partial charge in [-0.25, -0.2) is 0 Å². The van der Waals surface area contributed by atoms with E-state index in [2.05, 4.69) is 27.9 Å². The van der Waals surface area contributed by atoms with Crippen molar-refractivity contribution in [2.75, 3.05) is 0 Å². The van der Waals surface area contributed by atoms with Crippen LogP contribution in [0.2, 0.25) is 0 Å². The minimum Gasteiger partial charge on any atom is -0.480 e. The molecule has 0 heterocycles. The molecule has 1 unspecified atom stereocenters. The second kappa shape index (κ2) is 6.08. The summed E-state index contributed by atoms with van der Waals surface area (Å²) in [6, 6.07) is 7.77. The molecule has 4 heteroatoms. The first-order valence-electron chi connectivity index (χ1n) is 5.22. The Hall–Kier alpha value is -0.780. The molecule has 0 bridgehead atoms. The Balaban J connectivity index is 2.61. The Morgan fingerprint density at radius 3 is 2.50 bits per heavy atom. The van der Waals surface area contributed by atoms with Crippen LogP contribution in [0.15, 0.2) is 24.3 Å². The van der Waals surface area contributed by atoms with E-state index in [0.29, 0.717) is 0 Å². The lowest BCUT2D eigenvalue weighted by atomic mass is 10.3. The Kier molecular flexibility index (Phi) is 5.05. The van der Waals surface area contributed by atoms with E-state index in [1.807, 2.05) is 38.1 Å². The highest BCUT2D eigenvalue weighted by molar-refractivity contribution is 14.1. The molecule has 88 valence electrons. The lowest BCUT2D eigenvalue weighted by Crippen LogP contribution is -2.40. The first kappa shape index (κ1) is 13.3. The van der Waals surface area contributed by atoms with Crippen molar-refractivity contribution in [1.82, 2.24) is 5.32 Å². The molecule has 0 aliphatic heterocycles. The van der Waals surface area contributed by atoms with Crippen molar-refractivity contribution in [3.8, 4) is 5.75 Å². The molecule has 0 fully saturated rings. The molecule has 0 aromatic heterocycles. The molecule has 1 atom stereocenters. The lowest BCUT2D eigenvalue weighted by molar-refractivity contribution is -0.127. The van der Waals surface area contributed by atoms with Gasteiger partial charge in [0.25, 0.3) is 5.91 Å². The van der Waals surface area contributed by atoms with Gasteiger partial charge in [0.1, 0.15) is 5.75 Å². The molecule has 0 aliphatic rings. The molecule has 1 N–H and O–H groups in total. The van der Waals surface area contributed by atoms with Gasteiger partial charge in [-0.2, -0.15) is 0 Å². The van der Waals surface area contributed by atoms with Crippen LogP contribution in [0.25, 0.3) is 0 Å². The highest BCUT2D eigenvalue weighted by Gasteiger charge is 2.15. The number of carbonyl (C=O) groups is 1. The van der Waals surface area contributed by atoms with E-state index in [-0.39, 0.29) is 11.9 Å². The van der Waals surface area contributed by atoms with Gasteiger partial charge in [-0.3, -0.25) is 4.79 Å². The molecule has 3 nitrogen and oxygen atoms in total. The Morgan fingerprint density at radius 1 is 1.31 bits per heavy atom. The quantitative estimate of drug-likeness (QED) is 0.860. The van der Waals surface area contributed by atoms with E-state index in [1.54, 1.807) is 6.92 Å². The molecular formula is C12H16INO2. The minimum absolute atomic E-state index is 0.0883. The van der Waals surface area contributed by atoms with E-state index in [0.717, 1.165) is 9.32 Å². The van der Waals surface area contributed by atoms with Crippen molar-refractivity contribution >= 4 is 28.5 Å². The number of nitrogens with one attached hydrogen (secondary N) is 1. The molecule has 1 rings (SSSR count). The van der Waals surface area contributed by atoms with Crippen molar-refractivity contribution in [3.05, 3.63) is 27.8 Å². The topological polar surface area (TPSA) is 38.3 Å². The van der Waals surface area contributed by atoms with Crippen molar-refractivity contribution < 1.29 is 9.53 Å². The van der Waals surface area contributed by atoms with E-state index < -0.39 is 6.10 Å². The van der Waals surface area contributed by atoms with Gasteiger partial charge in [-0.15, -0.1) is 0 Å². The van der Waals surface area contributed by atoms with Crippen LogP contribution < -0.4 is 10.1 Å². The van der Waals surface area contributed by atoms with Crippen LogP contribution in [-0.2, 0) is 4.79 Å². The third-order valence-corrected chi connectivity index (χ3v) is 2.83. The van der Waals surface area contributed by atoms with Crippen LogP contribution in [0.1, 0.15) is 20.8 Å². The normalized spacial score (nSPS) is 12.3. The highest BCUT2D eigenvalue weighted by Crippen LogP contribution is 2.20. The number of hydrogen-bond acceptors (Lipinski definition) is 2. The zero-order valence-corrected chi connectivity index (χ0v) is 11.8. The standard InChI is InChI=1S/C12H16INO2/c1-8(2)14-12(15)9(3)16-11-7-5-4-6-10(11)13/h4-9H,1-3H3,(H,14,15). The Morgan fingerprint density at radius 2 is 1.94 bits per heavy atom. The van der Waals surface area contributed by atoms with Gasteiger partial charge in [-0.05, 0) is 55.5 Å². The second-order valence-electron chi connectivity index (χ2n) is 3.85. The van der Waals surface area contributed by atoms with Crippen LogP contribution in [-0.4, -0.2) is 18.1 Å². The molecular weight excluding hydrogens is 317 g/mol. The molecule has 0 saturated carbocycles. The fourth-order valence-electron chi connectivity index (χ4n) is 1.19. The fraction of sp³-hybridized carbons (Fsp3) is 0.417. The Labute approximate surface area is 110 Å². The molecule has 16 heavy (non-hydrogen) atoms. The smallest absolute Gasteiger partial charge is 0.260 e. The molecule has 0 radical (unpaired) electrons. The summed E-state index contributed by atoms with van der Waals surface area (Å²) in [5, 5.41) is 2.82. The number of hydrogen-bond donors (Lipinski definition) is 1. The first-order valence-corrected chi connectivity index (χ1v) is 6.30. The number of carbonyl (C=O) groups excluding carboxylic acids is 1. The average molecular weight is 333 g/mol. The summed E-state index contributed by atoms with van der Waals surface area (Å²) in [7, 11) is 0. The molecule has 0 spiro atoms. The summed E-state index contributed by atoms with van der Waals surface area (Å²) in [5.74, 6) is 0.657. The summed E-state index contributed by atoms with van der Waals surface area (Å²) in [6.07, 6.45) is -0.474. The lowest BCUT2D eigenvalue weighted by Gasteiger charge is -2.17. The summed E-state index contributed by atoms with van der Waals surface area (Å²) in [4.78, 5) is 11.6. The van der Waals surface area contributed by atoms with Crippen molar-refractivity contribution in [2.24, 2.45) is 0 Å². The van der Waals surface area contributed by atoms with Crippen LogP contribution in [0.4, 0.5) is 0 Å². The third-order valence-electron chi connectivity index (χ3n) is 1.94. The fourth-order valence-corrected chi connectivity index (χ4v) is 1.70. The van der Waals surface area contributed by atoms with Crippen LogP contribution >= 0.6 is 22.6 Å². The summed E-state index contributed by atoms with van der Waals surface area (Å²) in [6.45, 7) is 5.61. The monoisotopic (exact) mass is 333 g/mol. The Bertz CT molecular complexity index is 366. The maximum Gasteiger partial charge on any atom is 0.260 e. The van der Waals surface area contributed by atoms with Gasteiger partial charge >= 0.3 is 0 Å². The zero-order chi connectivity index (χ0) is 12.1. The van der Waals surface area contributed by atoms with Crippen LogP contribution in [0.5, 0.6) is 5.75 Å². The van der Waals surface area contributed by atoms with Gasteiger partial charge in [-0.1, -0.05) is 12.1 Å². The van der Waals surface area contributed by atoms with Crippen LogP contribution in [0, 0.1) is 3.57 Å². The number of halogens is 1. The summed E-state index contributed by atoms with van der Waals surface area (Å²) in [5.41, 5.74) is 0. The number of amides is 1. The van der Waals surface area contributed by atoms with Gasteiger partial charge in [0.05, 0.1) is 3.57 Å². The molecule has 0 aliphatic carbocycles. The largest absolute Gasteiger partial charge is 0.480 e. The molecule has 1 aromatic rings. The van der Waals surface area contributed by atoms with Crippen molar-refractivity contribution in [1.29, 1.82) is 0 Å². The molecule has 1 aromatic carbocycles. The zero-order valence-electron chi connectivity index (χ0n) is 9.66. The van der Waals surface area contributed by atoms with Crippen molar-refractivity contribution in [2.45, 2.75) is 32.9 Å². The number of para-hydroxylation sites is 1. The number of rotatable bonds is 4. The van der Waals surface area contributed by atoms with Gasteiger partial charge in [0.15, 0.2) is 6.10 Å². The highest BCUT2D eigenvalue weighted by atomic mass is 127. The maximum atomic E-state index is 11.6. The number of ether oxygens (including phenoxy) is 1. The minimum atomic E-state index is -0.474. The first-order chi connectivity index (χ1) is 7.50. The van der Waals surface area contributed by atoms with E-state index in [4.69, 9.17) is 4.74 Å². The second-order valence-corrected chi connectivity index (χ2v) is 5.02. The number of benzene rings is 1. The maximum absolute atomic E-state index is 11.6. The SMILES string of the molecule is CC(C)NC(=O)C(C)Oc1ccccc1I. The van der Waals surface area contributed by atoms with Gasteiger partial charge in [0, 0.05) is 6.04 Å². The average Bonchev–Trinajstić information content (AvgIpc) is 2.20.